The van der Waals surface area contributed by atoms with Crippen LogP contribution in [-0.2, 0) is 4.74 Å². The van der Waals surface area contributed by atoms with Gasteiger partial charge >= 0.3 is 5.97 Å². The summed E-state index contributed by atoms with van der Waals surface area (Å²) in [5.41, 5.74) is 2.06. The Hall–Kier alpha value is -2.53. The molecule has 114 valence electrons. The molecule has 3 rings (SSSR count). The molecule has 0 radical (unpaired) electrons. The van der Waals surface area contributed by atoms with Crippen LogP contribution < -0.4 is 0 Å². The number of aromatic nitrogens is 1. The van der Waals surface area contributed by atoms with Crippen LogP contribution in [0.4, 0.5) is 0 Å². The molecule has 3 aromatic rings. The molecule has 0 aliphatic heterocycles. The molecule has 0 aliphatic carbocycles. The van der Waals surface area contributed by atoms with Gasteiger partial charge in [-0.3, -0.25) is 9.78 Å². The summed E-state index contributed by atoms with van der Waals surface area (Å²) in [6.45, 7) is 0. The number of carbonyl (C=O) groups is 2. The van der Waals surface area contributed by atoms with Gasteiger partial charge < -0.3 is 4.74 Å². The minimum atomic E-state index is -0.431. The Balaban J connectivity index is 2.04. The van der Waals surface area contributed by atoms with Crippen molar-refractivity contribution in [3.63, 3.8) is 0 Å². The first-order valence-electron chi connectivity index (χ1n) is 6.88. The lowest BCUT2D eigenvalue weighted by Crippen LogP contribution is -2.05. The van der Waals surface area contributed by atoms with Crippen LogP contribution in [0.25, 0.3) is 10.9 Å². The number of benzene rings is 2. The highest BCUT2D eigenvalue weighted by atomic mass is 79.9. The number of esters is 1. The quantitative estimate of drug-likeness (QED) is 0.516. The van der Waals surface area contributed by atoms with E-state index in [1.807, 2.05) is 18.2 Å². The summed E-state index contributed by atoms with van der Waals surface area (Å²) in [6.07, 6.45) is 1.66. The van der Waals surface area contributed by atoms with E-state index in [4.69, 9.17) is 0 Å². The lowest BCUT2D eigenvalue weighted by atomic mass is 9.99. The van der Waals surface area contributed by atoms with Crippen molar-refractivity contribution in [2.45, 2.75) is 0 Å². The Morgan fingerprint density at radius 1 is 1.00 bits per heavy atom. The van der Waals surface area contributed by atoms with Crippen molar-refractivity contribution in [1.29, 1.82) is 0 Å². The Kier molecular flexibility index (Phi) is 4.21. The predicted octanol–water partition coefficient (Wildman–Crippen LogP) is 4.01. The van der Waals surface area contributed by atoms with Gasteiger partial charge in [-0.25, -0.2) is 4.79 Å². The lowest BCUT2D eigenvalue weighted by molar-refractivity contribution is 0.0600. The van der Waals surface area contributed by atoms with Gasteiger partial charge in [-0.2, -0.15) is 0 Å². The average Bonchev–Trinajstić information content (AvgIpc) is 2.61. The van der Waals surface area contributed by atoms with Crippen molar-refractivity contribution in [2.24, 2.45) is 0 Å². The van der Waals surface area contributed by atoms with E-state index in [0.717, 1.165) is 9.86 Å². The van der Waals surface area contributed by atoms with E-state index in [9.17, 15) is 9.59 Å². The van der Waals surface area contributed by atoms with Gasteiger partial charge in [-0.1, -0.05) is 34.1 Å². The molecule has 2 aromatic carbocycles. The number of ether oxygens (including phenoxy) is 1. The number of fused-ring (bicyclic) bond motifs is 1. The zero-order valence-electron chi connectivity index (χ0n) is 12.2. The van der Waals surface area contributed by atoms with Crippen molar-refractivity contribution in [2.75, 3.05) is 7.11 Å². The summed E-state index contributed by atoms with van der Waals surface area (Å²) < 4.78 is 5.54. The van der Waals surface area contributed by atoms with Gasteiger partial charge in [0.25, 0.3) is 0 Å². The van der Waals surface area contributed by atoms with Crippen LogP contribution in [0.2, 0.25) is 0 Å². The molecule has 0 N–H and O–H groups in total. The maximum absolute atomic E-state index is 12.8. The van der Waals surface area contributed by atoms with Crippen molar-refractivity contribution < 1.29 is 14.3 Å². The van der Waals surface area contributed by atoms with Crippen molar-refractivity contribution in [1.82, 2.24) is 4.98 Å². The second kappa shape index (κ2) is 6.30. The molecule has 1 aromatic heterocycles. The third-order valence-corrected chi connectivity index (χ3v) is 4.22. The summed E-state index contributed by atoms with van der Waals surface area (Å²) in [7, 11) is 1.32. The molecule has 4 nitrogen and oxygen atoms in total. The predicted molar refractivity (Wildman–Crippen MR) is 90.7 cm³/mol. The molecule has 0 unspecified atom stereocenters. The first kappa shape index (κ1) is 15.4. The summed E-state index contributed by atoms with van der Waals surface area (Å²) in [5.74, 6) is -0.572. The van der Waals surface area contributed by atoms with Gasteiger partial charge in [0, 0.05) is 27.2 Å². The molecule has 0 atom stereocenters. The standard InChI is InChI=1S/C18H12BrNO3/c1-23-18(22)12-6-4-11(5-7-12)17(21)14-8-9-15(19)13-3-2-10-20-16(13)14/h2-10H,1H3. The van der Waals surface area contributed by atoms with Gasteiger partial charge in [-0.15, -0.1) is 0 Å². The van der Waals surface area contributed by atoms with E-state index in [1.54, 1.807) is 36.5 Å². The second-order valence-electron chi connectivity index (χ2n) is 4.89. The van der Waals surface area contributed by atoms with Crippen molar-refractivity contribution in [3.05, 3.63) is 75.9 Å². The van der Waals surface area contributed by atoms with Crippen molar-refractivity contribution >= 4 is 38.6 Å². The van der Waals surface area contributed by atoms with Crippen LogP contribution in [0.3, 0.4) is 0 Å². The maximum atomic E-state index is 12.8. The number of pyridine rings is 1. The van der Waals surface area contributed by atoms with E-state index in [1.165, 1.54) is 7.11 Å². The summed E-state index contributed by atoms with van der Waals surface area (Å²) in [5, 5.41) is 0.879. The molecule has 0 bridgehead atoms. The molecule has 0 saturated carbocycles. The number of hydrogen-bond acceptors (Lipinski definition) is 4. The molecule has 1 heterocycles. The largest absolute Gasteiger partial charge is 0.465 e. The monoisotopic (exact) mass is 369 g/mol. The van der Waals surface area contributed by atoms with Gasteiger partial charge in [0.05, 0.1) is 18.2 Å². The molecule has 5 heteroatoms. The van der Waals surface area contributed by atoms with Crippen LogP contribution in [-0.4, -0.2) is 23.8 Å². The zero-order chi connectivity index (χ0) is 16.4. The summed E-state index contributed by atoms with van der Waals surface area (Å²) in [6, 6.07) is 13.7. The highest BCUT2D eigenvalue weighted by Gasteiger charge is 2.15. The van der Waals surface area contributed by atoms with E-state index in [2.05, 4.69) is 25.7 Å². The molecular formula is C18H12BrNO3. The number of carbonyl (C=O) groups excluding carboxylic acids is 2. The first-order chi connectivity index (χ1) is 11.1. The van der Waals surface area contributed by atoms with E-state index < -0.39 is 5.97 Å². The fraction of sp³-hybridized carbons (Fsp3) is 0.0556. The van der Waals surface area contributed by atoms with Crippen LogP contribution in [0.5, 0.6) is 0 Å². The third kappa shape index (κ3) is 2.87. The molecule has 0 saturated heterocycles. The average molecular weight is 370 g/mol. The number of rotatable bonds is 3. The maximum Gasteiger partial charge on any atom is 0.337 e. The number of methoxy groups -OCH3 is 1. The number of hydrogen-bond donors (Lipinski definition) is 0. The molecule has 0 fully saturated rings. The van der Waals surface area contributed by atoms with Gasteiger partial charge in [0.15, 0.2) is 5.78 Å². The first-order valence-corrected chi connectivity index (χ1v) is 7.67. The minimum Gasteiger partial charge on any atom is -0.465 e. The molecule has 0 amide bonds. The van der Waals surface area contributed by atoms with Gasteiger partial charge in [-0.05, 0) is 30.3 Å². The summed E-state index contributed by atoms with van der Waals surface area (Å²) in [4.78, 5) is 28.5. The lowest BCUT2D eigenvalue weighted by Gasteiger charge is -2.07. The van der Waals surface area contributed by atoms with E-state index in [-0.39, 0.29) is 5.78 Å². The molecule has 0 spiro atoms. The fourth-order valence-corrected chi connectivity index (χ4v) is 2.80. The number of halogens is 1. The van der Waals surface area contributed by atoms with Crippen LogP contribution >= 0.6 is 15.9 Å². The highest BCUT2D eigenvalue weighted by molar-refractivity contribution is 9.10. The Bertz CT molecular complexity index is 904. The molecule has 23 heavy (non-hydrogen) atoms. The Labute approximate surface area is 141 Å². The van der Waals surface area contributed by atoms with Crippen LogP contribution in [0.1, 0.15) is 26.3 Å². The molecule has 0 aliphatic rings. The van der Waals surface area contributed by atoms with Crippen molar-refractivity contribution in [3.8, 4) is 0 Å². The number of ketones is 1. The second-order valence-corrected chi connectivity index (χ2v) is 5.75. The van der Waals surface area contributed by atoms with E-state index >= 15 is 0 Å². The SMILES string of the molecule is COC(=O)c1ccc(C(=O)c2ccc(Br)c3cccnc23)cc1. The third-order valence-electron chi connectivity index (χ3n) is 3.53. The summed E-state index contributed by atoms with van der Waals surface area (Å²) >= 11 is 3.47. The zero-order valence-corrected chi connectivity index (χ0v) is 13.8. The Morgan fingerprint density at radius 3 is 2.39 bits per heavy atom. The van der Waals surface area contributed by atoms with Gasteiger partial charge in [0.1, 0.15) is 0 Å². The van der Waals surface area contributed by atoms with Crippen LogP contribution in [0, 0.1) is 0 Å². The van der Waals surface area contributed by atoms with Crippen LogP contribution in [0.15, 0.2) is 59.2 Å². The fourth-order valence-electron chi connectivity index (χ4n) is 2.35. The van der Waals surface area contributed by atoms with Gasteiger partial charge in [0.2, 0.25) is 0 Å². The minimum absolute atomic E-state index is 0.141. The Morgan fingerprint density at radius 2 is 1.70 bits per heavy atom. The normalized spacial score (nSPS) is 10.5. The van der Waals surface area contributed by atoms with E-state index in [0.29, 0.717) is 22.2 Å². The topological polar surface area (TPSA) is 56.3 Å². The number of nitrogens with zero attached hydrogens (tertiary/aromatic N) is 1. The molecular weight excluding hydrogens is 358 g/mol. The highest BCUT2D eigenvalue weighted by Crippen LogP contribution is 2.26. The smallest absolute Gasteiger partial charge is 0.337 e.